The molecule has 0 unspecified atom stereocenters. The lowest BCUT2D eigenvalue weighted by Gasteiger charge is -2.12. The molecule has 1 N–H and O–H groups in total. The molecule has 0 saturated heterocycles. The Morgan fingerprint density at radius 2 is 2.12 bits per heavy atom. The minimum absolute atomic E-state index is 0.0290. The van der Waals surface area contributed by atoms with Gasteiger partial charge in [-0.15, -0.1) is 0 Å². The highest BCUT2D eigenvalue weighted by molar-refractivity contribution is 5.96. The van der Waals surface area contributed by atoms with Crippen LogP contribution in [-0.4, -0.2) is 31.8 Å². The Morgan fingerprint density at radius 3 is 2.88 bits per heavy atom. The highest BCUT2D eigenvalue weighted by Gasteiger charge is 2.28. The molecule has 3 aromatic rings. The average Bonchev–Trinajstić information content (AvgIpc) is 3.33. The van der Waals surface area contributed by atoms with Crippen molar-refractivity contribution in [3.8, 4) is 11.3 Å². The van der Waals surface area contributed by atoms with Gasteiger partial charge in [-0.3, -0.25) is 4.68 Å². The SMILES string of the molecule is Cn1ccc(-c2ccccc2Nc2ncncc2C(=O)OC2CC2)n1. The number of nitrogens with one attached hydrogen (secondary N) is 1. The van der Waals surface area contributed by atoms with Crippen molar-refractivity contribution in [1.82, 2.24) is 19.7 Å². The predicted molar refractivity (Wildman–Crippen MR) is 92.4 cm³/mol. The molecule has 2 heterocycles. The fourth-order valence-electron chi connectivity index (χ4n) is 2.48. The molecular formula is C18H17N5O2. The van der Waals surface area contributed by atoms with Crippen molar-refractivity contribution in [2.24, 2.45) is 7.05 Å². The number of hydrogen-bond donors (Lipinski definition) is 1. The summed E-state index contributed by atoms with van der Waals surface area (Å²) in [6, 6.07) is 9.68. The second-order valence-electron chi connectivity index (χ2n) is 5.93. The summed E-state index contributed by atoms with van der Waals surface area (Å²) < 4.78 is 7.11. The van der Waals surface area contributed by atoms with Gasteiger partial charge in [-0.2, -0.15) is 5.10 Å². The van der Waals surface area contributed by atoms with Crippen molar-refractivity contribution >= 4 is 17.5 Å². The molecule has 1 aromatic carbocycles. The molecule has 1 aliphatic rings. The van der Waals surface area contributed by atoms with Gasteiger partial charge >= 0.3 is 5.97 Å². The number of para-hydroxylation sites is 1. The molecule has 7 nitrogen and oxygen atoms in total. The molecular weight excluding hydrogens is 318 g/mol. The number of hydrogen-bond acceptors (Lipinski definition) is 6. The fraction of sp³-hybridized carbons (Fsp3) is 0.222. The minimum Gasteiger partial charge on any atom is -0.459 e. The Labute approximate surface area is 144 Å². The molecule has 7 heteroatoms. The van der Waals surface area contributed by atoms with Crippen molar-refractivity contribution in [3.63, 3.8) is 0 Å². The van der Waals surface area contributed by atoms with Gasteiger partial charge in [0.05, 0.1) is 5.69 Å². The lowest BCUT2D eigenvalue weighted by Crippen LogP contribution is -2.11. The summed E-state index contributed by atoms with van der Waals surface area (Å²) in [6.45, 7) is 0. The molecule has 126 valence electrons. The Morgan fingerprint density at radius 1 is 1.28 bits per heavy atom. The van der Waals surface area contributed by atoms with Gasteiger partial charge in [-0.05, 0) is 25.0 Å². The van der Waals surface area contributed by atoms with Crippen LogP contribution in [-0.2, 0) is 11.8 Å². The lowest BCUT2D eigenvalue weighted by atomic mass is 10.1. The van der Waals surface area contributed by atoms with Gasteiger partial charge < -0.3 is 10.1 Å². The maximum atomic E-state index is 12.3. The van der Waals surface area contributed by atoms with Gasteiger partial charge in [-0.1, -0.05) is 18.2 Å². The number of ether oxygens (including phenoxy) is 1. The van der Waals surface area contributed by atoms with Gasteiger partial charge in [0.25, 0.3) is 0 Å². The van der Waals surface area contributed by atoms with E-state index in [1.165, 1.54) is 12.5 Å². The molecule has 0 aliphatic heterocycles. The lowest BCUT2D eigenvalue weighted by molar-refractivity contribution is 0.0472. The summed E-state index contributed by atoms with van der Waals surface area (Å²) in [5.74, 6) is 0.0185. The van der Waals surface area contributed by atoms with Crippen LogP contribution in [0.4, 0.5) is 11.5 Å². The number of rotatable bonds is 5. The van der Waals surface area contributed by atoms with Crippen LogP contribution in [0, 0.1) is 0 Å². The van der Waals surface area contributed by atoms with Gasteiger partial charge in [0.2, 0.25) is 0 Å². The molecule has 0 radical (unpaired) electrons. The second kappa shape index (κ2) is 6.35. The number of nitrogens with zero attached hydrogens (tertiary/aromatic N) is 4. The van der Waals surface area contributed by atoms with E-state index < -0.39 is 5.97 Å². The summed E-state index contributed by atoms with van der Waals surface area (Å²) in [7, 11) is 1.87. The zero-order valence-corrected chi connectivity index (χ0v) is 13.7. The third-order valence-corrected chi connectivity index (χ3v) is 3.90. The van der Waals surface area contributed by atoms with Crippen LogP contribution in [0.15, 0.2) is 49.1 Å². The van der Waals surface area contributed by atoms with E-state index in [1.807, 2.05) is 43.6 Å². The van der Waals surface area contributed by atoms with Crippen LogP contribution in [0.1, 0.15) is 23.2 Å². The Balaban J connectivity index is 1.66. The number of benzene rings is 1. The fourth-order valence-corrected chi connectivity index (χ4v) is 2.48. The van der Waals surface area contributed by atoms with Crippen molar-refractivity contribution in [2.45, 2.75) is 18.9 Å². The minimum atomic E-state index is -0.402. The van der Waals surface area contributed by atoms with E-state index >= 15 is 0 Å². The topological polar surface area (TPSA) is 81.9 Å². The summed E-state index contributed by atoms with van der Waals surface area (Å²) in [4.78, 5) is 20.5. The largest absolute Gasteiger partial charge is 0.459 e. The van der Waals surface area contributed by atoms with Crippen molar-refractivity contribution in [3.05, 3.63) is 54.6 Å². The van der Waals surface area contributed by atoms with E-state index in [0.717, 1.165) is 29.8 Å². The zero-order valence-electron chi connectivity index (χ0n) is 13.7. The third kappa shape index (κ3) is 3.35. The summed E-state index contributed by atoms with van der Waals surface area (Å²) in [5, 5.41) is 7.66. The van der Waals surface area contributed by atoms with E-state index in [2.05, 4.69) is 20.4 Å². The van der Waals surface area contributed by atoms with Crippen LogP contribution in [0.3, 0.4) is 0 Å². The number of aromatic nitrogens is 4. The number of aryl methyl sites for hydroxylation is 1. The number of esters is 1. The van der Waals surface area contributed by atoms with E-state index in [9.17, 15) is 4.79 Å². The summed E-state index contributed by atoms with van der Waals surface area (Å²) in [6.07, 6.45) is 6.63. The average molecular weight is 335 g/mol. The molecule has 1 aliphatic carbocycles. The number of carbonyl (C=O) groups excluding carboxylic acids is 1. The Bertz CT molecular complexity index is 917. The normalized spacial score (nSPS) is 13.5. The molecule has 0 bridgehead atoms. The van der Waals surface area contributed by atoms with Crippen LogP contribution >= 0.6 is 0 Å². The molecule has 1 saturated carbocycles. The molecule has 0 spiro atoms. The monoisotopic (exact) mass is 335 g/mol. The van der Waals surface area contributed by atoms with E-state index in [1.54, 1.807) is 4.68 Å². The van der Waals surface area contributed by atoms with Crippen LogP contribution < -0.4 is 5.32 Å². The summed E-state index contributed by atoms with van der Waals surface area (Å²) in [5.41, 5.74) is 2.88. The van der Waals surface area contributed by atoms with E-state index in [-0.39, 0.29) is 6.10 Å². The number of anilines is 2. The standard InChI is InChI=1S/C18H17N5O2/c1-23-9-8-16(22-23)13-4-2-3-5-15(13)21-17-14(10-19-11-20-17)18(24)25-12-6-7-12/h2-5,8-12H,6-7H2,1H3,(H,19,20,21). The van der Waals surface area contributed by atoms with Gasteiger partial charge in [0, 0.05) is 30.7 Å². The Kier molecular flexibility index (Phi) is 3.89. The van der Waals surface area contributed by atoms with Crippen LogP contribution in [0.2, 0.25) is 0 Å². The zero-order chi connectivity index (χ0) is 17.2. The first-order valence-corrected chi connectivity index (χ1v) is 8.08. The van der Waals surface area contributed by atoms with Gasteiger partial charge in [0.1, 0.15) is 23.8 Å². The smallest absolute Gasteiger partial charge is 0.343 e. The van der Waals surface area contributed by atoms with E-state index in [0.29, 0.717) is 11.4 Å². The quantitative estimate of drug-likeness (QED) is 0.722. The highest BCUT2D eigenvalue weighted by atomic mass is 16.5. The molecule has 1 fully saturated rings. The predicted octanol–water partition coefficient (Wildman–Crippen LogP) is 2.94. The van der Waals surface area contributed by atoms with Gasteiger partial charge in [0.15, 0.2) is 0 Å². The number of carbonyl (C=O) groups is 1. The molecule has 25 heavy (non-hydrogen) atoms. The third-order valence-electron chi connectivity index (χ3n) is 3.90. The second-order valence-corrected chi connectivity index (χ2v) is 5.93. The van der Waals surface area contributed by atoms with Crippen molar-refractivity contribution in [1.29, 1.82) is 0 Å². The Hall–Kier alpha value is -3.22. The van der Waals surface area contributed by atoms with Gasteiger partial charge in [-0.25, -0.2) is 14.8 Å². The maximum Gasteiger partial charge on any atom is 0.343 e. The van der Waals surface area contributed by atoms with Crippen molar-refractivity contribution < 1.29 is 9.53 Å². The van der Waals surface area contributed by atoms with Crippen molar-refractivity contribution in [2.75, 3.05) is 5.32 Å². The molecule has 2 aromatic heterocycles. The first-order chi connectivity index (χ1) is 12.2. The van der Waals surface area contributed by atoms with Crippen LogP contribution in [0.25, 0.3) is 11.3 Å². The van der Waals surface area contributed by atoms with Crippen LogP contribution in [0.5, 0.6) is 0 Å². The maximum absolute atomic E-state index is 12.3. The van der Waals surface area contributed by atoms with E-state index in [4.69, 9.17) is 4.74 Å². The first kappa shape index (κ1) is 15.3. The molecule has 0 amide bonds. The summed E-state index contributed by atoms with van der Waals surface area (Å²) >= 11 is 0. The molecule has 0 atom stereocenters. The first-order valence-electron chi connectivity index (χ1n) is 8.08. The molecule has 4 rings (SSSR count). The highest BCUT2D eigenvalue weighted by Crippen LogP contribution is 2.30.